The van der Waals surface area contributed by atoms with Crippen LogP contribution in [-0.4, -0.2) is 32.4 Å². The van der Waals surface area contributed by atoms with Crippen LogP contribution in [0.5, 0.6) is 5.75 Å². The van der Waals surface area contributed by atoms with Crippen LogP contribution in [0.15, 0.2) is 9.59 Å². The van der Waals surface area contributed by atoms with Gasteiger partial charge in [-0.15, -0.1) is 11.3 Å². The van der Waals surface area contributed by atoms with Crippen LogP contribution in [0.2, 0.25) is 0 Å². The maximum atomic E-state index is 12.4. The summed E-state index contributed by atoms with van der Waals surface area (Å²) in [6.07, 6.45) is 0. The van der Waals surface area contributed by atoms with Gasteiger partial charge in [0.15, 0.2) is 9.96 Å². The van der Waals surface area contributed by atoms with Crippen molar-refractivity contribution in [3.63, 3.8) is 0 Å². The van der Waals surface area contributed by atoms with Gasteiger partial charge in [0.1, 0.15) is 0 Å². The van der Waals surface area contributed by atoms with Gasteiger partial charge < -0.3 is 10.5 Å². The Morgan fingerprint density at radius 1 is 1.41 bits per heavy atom. The van der Waals surface area contributed by atoms with Crippen LogP contribution in [0, 0.1) is 0 Å². The molecule has 5 nitrogen and oxygen atoms in total. The van der Waals surface area contributed by atoms with Gasteiger partial charge in [0.2, 0.25) is 0 Å². The van der Waals surface area contributed by atoms with Crippen molar-refractivity contribution in [2.24, 2.45) is 0 Å². The lowest BCUT2D eigenvalue weighted by atomic mass is 10.1. The third kappa shape index (κ3) is 2.56. The molecule has 1 aromatic heterocycles. The predicted molar refractivity (Wildman–Crippen MR) is 70.0 cm³/mol. The molecule has 17 heavy (non-hydrogen) atoms. The minimum absolute atomic E-state index is 0.148. The Hall–Kier alpha value is -0.790. The molecule has 0 amide bonds. The molecule has 0 fully saturated rings. The lowest BCUT2D eigenvalue weighted by Gasteiger charge is -2.30. The Morgan fingerprint density at radius 3 is 2.35 bits per heavy atom. The van der Waals surface area contributed by atoms with E-state index in [1.54, 1.807) is 12.4 Å². The fourth-order valence-electron chi connectivity index (χ4n) is 1.21. The average Bonchev–Trinajstić information content (AvgIpc) is 2.57. The zero-order valence-corrected chi connectivity index (χ0v) is 12.3. The highest BCUT2D eigenvalue weighted by Crippen LogP contribution is 2.39. The van der Waals surface area contributed by atoms with Crippen molar-refractivity contribution in [2.75, 3.05) is 19.9 Å². The van der Waals surface area contributed by atoms with Gasteiger partial charge in [-0.3, -0.25) is 0 Å². The minimum Gasteiger partial charge on any atom is -0.492 e. The van der Waals surface area contributed by atoms with E-state index in [0.717, 1.165) is 11.3 Å². The molecular weight excluding hydrogens is 260 g/mol. The molecule has 0 spiro atoms. The van der Waals surface area contributed by atoms with Crippen LogP contribution in [0.3, 0.4) is 0 Å². The number of rotatable bonds is 3. The van der Waals surface area contributed by atoms with Gasteiger partial charge in [-0.1, -0.05) is 0 Å². The number of nitrogens with two attached hydrogens (primary N) is 1. The normalized spacial score (nSPS) is 13.1. The molecule has 0 radical (unpaired) electrons. The van der Waals surface area contributed by atoms with Crippen molar-refractivity contribution in [3.05, 3.63) is 5.38 Å². The summed E-state index contributed by atoms with van der Waals surface area (Å²) in [5.74, 6) is 0.228. The second-order valence-corrected chi connectivity index (χ2v) is 7.70. The third-order valence-corrected chi connectivity index (χ3v) is 6.10. The van der Waals surface area contributed by atoms with E-state index in [4.69, 9.17) is 10.5 Å². The Bertz CT molecular complexity index is 500. The largest absolute Gasteiger partial charge is 0.492 e. The number of nitrogens with zero attached hydrogens (tertiary/aromatic N) is 1. The SMILES string of the molecule is COc1c(N)csc1S(=O)(=O)N(C)C(C)(C)C. The summed E-state index contributed by atoms with van der Waals surface area (Å²) >= 11 is 1.07. The molecule has 0 aliphatic heterocycles. The first-order chi connectivity index (χ1) is 7.62. The number of hydrogen-bond donors (Lipinski definition) is 1. The molecule has 0 bridgehead atoms. The summed E-state index contributed by atoms with van der Waals surface area (Å²) in [5.41, 5.74) is 5.51. The lowest BCUT2D eigenvalue weighted by molar-refractivity contribution is 0.291. The number of thiophene rings is 1. The quantitative estimate of drug-likeness (QED) is 0.914. The van der Waals surface area contributed by atoms with E-state index in [2.05, 4.69) is 0 Å². The summed E-state index contributed by atoms with van der Waals surface area (Å²) in [7, 11) is -0.614. The molecule has 1 heterocycles. The Morgan fingerprint density at radius 2 is 1.94 bits per heavy atom. The summed E-state index contributed by atoms with van der Waals surface area (Å²) in [4.78, 5) is 0. The molecule has 0 saturated heterocycles. The Kier molecular flexibility index (Phi) is 3.75. The second kappa shape index (κ2) is 4.47. The van der Waals surface area contributed by atoms with Gasteiger partial charge in [0, 0.05) is 18.0 Å². The van der Waals surface area contributed by atoms with E-state index < -0.39 is 15.6 Å². The zero-order chi connectivity index (χ0) is 13.4. The van der Waals surface area contributed by atoms with Crippen molar-refractivity contribution in [3.8, 4) is 5.75 Å². The molecule has 7 heteroatoms. The maximum Gasteiger partial charge on any atom is 0.256 e. The van der Waals surface area contributed by atoms with Crippen LogP contribution in [-0.2, 0) is 10.0 Å². The highest BCUT2D eigenvalue weighted by molar-refractivity contribution is 7.91. The number of anilines is 1. The highest BCUT2D eigenvalue weighted by atomic mass is 32.2. The van der Waals surface area contributed by atoms with Crippen LogP contribution in [0.25, 0.3) is 0 Å². The van der Waals surface area contributed by atoms with Crippen LogP contribution >= 0.6 is 11.3 Å². The first-order valence-electron chi connectivity index (χ1n) is 5.02. The van der Waals surface area contributed by atoms with Crippen LogP contribution < -0.4 is 10.5 Å². The number of sulfonamides is 1. The second-order valence-electron chi connectivity index (χ2n) is 4.66. The number of hydrogen-bond acceptors (Lipinski definition) is 5. The van der Waals surface area contributed by atoms with E-state index in [-0.39, 0.29) is 9.96 Å². The molecule has 98 valence electrons. The van der Waals surface area contributed by atoms with E-state index in [0.29, 0.717) is 5.69 Å². The number of nitrogen functional groups attached to an aromatic ring is 1. The monoisotopic (exact) mass is 278 g/mol. The number of methoxy groups -OCH3 is 1. The first-order valence-corrected chi connectivity index (χ1v) is 7.34. The first kappa shape index (κ1) is 14.3. The van der Waals surface area contributed by atoms with Gasteiger partial charge >= 0.3 is 0 Å². The molecule has 0 aliphatic rings. The molecule has 2 N–H and O–H groups in total. The Balaban J connectivity index is 3.32. The van der Waals surface area contributed by atoms with Gasteiger partial charge in [-0.05, 0) is 20.8 Å². The average molecular weight is 278 g/mol. The van der Waals surface area contributed by atoms with Gasteiger partial charge in [-0.2, -0.15) is 4.31 Å². The molecule has 0 atom stereocenters. The standard InChI is InChI=1S/C10H18N2O3S2/c1-10(2,3)12(4)17(13,14)9-8(15-5)7(11)6-16-9/h6H,11H2,1-5H3. The van der Waals surface area contributed by atoms with Gasteiger partial charge in [0.05, 0.1) is 12.8 Å². The lowest BCUT2D eigenvalue weighted by Crippen LogP contribution is -2.42. The number of ether oxygens (including phenoxy) is 1. The summed E-state index contributed by atoms with van der Waals surface area (Å²) in [6.45, 7) is 5.48. The van der Waals surface area contributed by atoms with Crippen LogP contribution in [0.1, 0.15) is 20.8 Å². The van der Waals surface area contributed by atoms with Crippen molar-refractivity contribution in [1.29, 1.82) is 0 Å². The fourth-order valence-corrected chi connectivity index (χ4v) is 4.23. The van der Waals surface area contributed by atoms with Crippen molar-refractivity contribution in [1.82, 2.24) is 4.31 Å². The van der Waals surface area contributed by atoms with E-state index in [1.165, 1.54) is 11.4 Å². The molecule has 0 unspecified atom stereocenters. The smallest absolute Gasteiger partial charge is 0.256 e. The highest BCUT2D eigenvalue weighted by Gasteiger charge is 2.34. The summed E-state index contributed by atoms with van der Waals surface area (Å²) in [5, 5.41) is 1.57. The van der Waals surface area contributed by atoms with Crippen LogP contribution in [0.4, 0.5) is 5.69 Å². The molecular formula is C10H18N2O3S2. The topological polar surface area (TPSA) is 72.6 Å². The fraction of sp³-hybridized carbons (Fsp3) is 0.600. The molecule has 1 rings (SSSR count). The van der Waals surface area contributed by atoms with E-state index >= 15 is 0 Å². The third-order valence-electron chi connectivity index (χ3n) is 2.48. The molecule has 1 aromatic rings. The Labute approximate surface area is 106 Å². The molecule has 0 aromatic carbocycles. The van der Waals surface area contributed by atoms with Crippen molar-refractivity contribution in [2.45, 2.75) is 30.5 Å². The van der Waals surface area contributed by atoms with Gasteiger partial charge in [0.25, 0.3) is 10.0 Å². The molecule has 0 aliphatic carbocycles. The van der Waals surface area contributed by atoms with Gasteiger partial charge in [-0.25, -0.2) is 8.42 Å². The summed E-state index contributed by atoms with van der Waals surface area (Å²) in [6, 6.07) is 0. The maximum absolute atomic E-state index is 12.4. The minimum atomic E-state index is -3.57. The zero-order valence-electron chi connectivity index (χ0n) is 10.6. The van der Waals surface area contributed by atoms with E-state index in [1.807, 2.05) is 20.8 Å². The molecule has 0 saturated carbocycles. The van der Waals surface area contributed by atoms with Crippen molar-refractivity contribution >= 4 is 27.0 Å². The van der Waals surface area contributed by atoms with Crippen molar-refractivity contribution < 1.29 is 13.2 Å². The predicted octanol–water partition coefficient (Wildman–Crippen LogP) is 1.76. The summed E-state index contributed by atoms with van der Waals surface area (Å²) < 4.78 is 31.3. The van der Waals surface area contributed by atoms with E-state index in [9.17, 15) is 8.42 Å².